The molecule has 0 spiro atoms. The third-order valence-electron chi connectivity index (χ3n) is 5.41. The van der Waals surface area contributed by atoms with Crippen LogP contribution in [-0.2, 0) is 20.2 Å². The highest BCUT2D eigenvalue weighted by Gasteiger charge is 2.35. The Labute approximate surface area is 197 Å². The molecule has 1 unspecified atom stereocenters. The molecule has 0 N–H and O–H groups in total. The van der Waals surface area contributed by atoms with Crippen molar-refractivity contribution in [2.75, 3.05) is 4.31 Å². The number of carbonyl (C=O) groups is 1. The van der Waals surface area contributed by atoms with Crippen LogP contribution in [0.2, 0.25) is 0 Å². The van der Waals surface area contributed by atoms with Crippen molar-refractivity contribution in [2.24, 2.45) is 0 Å². The second-order valence-electron chi connectivity index (χ2n) is 9.29. The minimum Gasteiger partial charge on any atom is -0.481 e. The van der Waals surface area contributed by atoms with E-state index in [-0.39, 0.29) is 16.0 Å². The van der Waals surface area contributed by atoms with E-state index in [9.17, 15) is 13.2 Å². The molecular weight excluding hydrogens is 434 g/mol. The van der Waals surface area contributed by atoms with Crippen molar-refractivity contribution in [1.82, 2.24) is 0 Å². The number of nitrogens with zero attached hydrogens (tertiary/aromatic N) is 1. The SMILES string of the molecule is Cc1ccc(N(C(=O)C(C)Oc2ccc(C(C)(C)C)cc2)S(=O)(=O)c2ccc(C)cc2)cc1. The zero-order valence-electron chi connectivity index (χ0n) is 20.0. The molecule has 3 rings (SSSR count). The molecule has 0 saturated heterocycles. The van der Waals surface area contributed by atoms with Crippen molar-refractivity contribution in [3.8, 4) is 5.75 Å². The normalized spacial score (nSPS) is 12.8. The summed E-state index contributed by atoms with van der Waals surface area (Å²) in [5.74, 6) is -0.167. The molecule has 0 aliphatic rings. The molecule has 0 aromatic heterocycles. The largest absolute Gasteiger partial charge is 0.481 e. The Bertz CT molecular complexity index is 1210. The van der Waals surface area contributed by atoms with Crippen molar-refractivity contribution in [2.45, 2.75) is 58.0 Å². The summed E-state index contributed by atoms with van der Waals surface area (Å²) in [5.41, 5.74) is 3.28. The highest BCUT2D eigenvalue weighted by atomic mass is 32.2. The number of sulfonamides is 1. The molecule has 174 valence electrons. The van der Waals surface area contributed by atoms with E-state index in [0.717, 1.165) is 21.0 Å². The van der Waals surface area contributed by atoms with Crippen LogP contribution < -0.4 is 9.04 Å². The number of hydrogen-bond acceptors (Lipinski definition) is 4. The average Bonchev–Trinajstić information content (AvgIpc) is 2.75. The molecule has 0 aliphatic carbocycles. The Morgan fingerprint density at radius 2 is 1.30 bits per heavy atom. The molecule has 3 aromatic rings. The van der Waals surface area contributed by atoms with Crippen LogP contribution in [0, 0.1) is 13.8 Å². The highest BCUT2D eigenvalue weighted by molar-refractivity contribution is 7.93. The molecule has 33 heavy (non-hydrogen) atoms. The van der Waals surface area contributed by atoms with Crippen LogP contribution >= 0.6 is 0 Å². The first-order valence-electron chi connectivity index (χ1n) is 10.9. The van der Waals surface area contributed by atoms with E-state index in [4.69, 9.17) is 4.74 Å². The van der Waals surface area contributed by atoms with Gasteiger partial charge in [0.1, 0.15) is 5.75 Å². The Morgan fingerprint density at radius 1 is 0.818 bits per heavy atom. The molecule has 6 heteroatoms. The van der Waals surface area contributed by atoms with Crippen LogP contribution in [0.3, 0.4) is 0 Å². The van der Waals surface area contributed by atoms with Gasteiger partial charge in [-0.25, -0.2) is 8.42 Å². The van der Waals surface area contributed by atoms with Gasteiger partial charge in [-0.3, -0.25) is 4.79 Å². The van der Waals surface area contributed by atoms with Gasteiger partial charge >= 0.3 is 0 Å². The fraction of sp³-hybridized carbons (Fsp3) is 0.296. The van der Waals surface area contributed by atoms with Crippen LogP contribution in [0.1, 0.15) is 44.4 Å². The van der Waals surface area contributed by atoms with Crippen molar-refractivity contribution in [3.63, 3.8) is 0 Å². The minimum atomic E-state index is -4.14. The molecule has 1 atom stereocenters. The number of ether oxygens (including phenoxy) is 1. The van der Waals surface area contributed by atoms with Gasteiger partial charge in [0, 0.05) is 0 Å². The number of rotatable bonds is 6. The van der Waals surface area contributed by atoms with Crippen LogP contribution in [-0.4, -0.2) is 20.4 Å². The molecule has 5 nitrogen and oxygen atoms in total. The summed E-state index contributed by atoms with van der Waals surface area (Å²) >= 11 is 0. The van der Waals surface area contributed by atoms with Gasteiger partial charge in [0.05, 0.1) is 10.6 Å². The zero-order valence-corrected chi connectivity index (χ0v) is 20.8. The Balaban J connectivity index is 1.95. The summed E-state index contributed by atoms with van der Waals surface area (Å²) < 4.78 is 33.8. The second kappa shape index (κ2) is 9.40. The van der Waals surface area contributed by atoms with Gasteiger partial charge in [0.25, 0.3) is 15.9 Å². The van der Waals surface area contributed by atoms with E-state index >= 15 is 0 Å². The first-order chi connectivity index (χ1) is 15.4. The second-order valence-corrected chi connectivity index (χ2v) is 11.1. The molecule has 0 saturated carbocycles. The van der Waals surface area contributed by atoms with E-state index in [2.05, 4.69) is 20.8 Å². The average molecular weight is 466 g/mol. The first-order valence-corrected chi connectivity index (χ1v) is 12.3. The van der Waals surface area contributed by atoms with E-state index < -0.39 is 22.0 Å². The zero-order chi connectivity index (χ0) is 24.4. The lowest BCUT2D eigenvalue weighted by molar-refractivity contribution is -0.123. The molecule has 0 aliphatic heterocycles. The maximum absolute atomic E-state index is 13.5. The van der Waals surface area contributed by atoms with Crippen LogP contribution in [0.5, 0.6) is 5.75 Å². The van der Waals surface area contributed by atoms with E-state index in [0.29, 0.717) is 5.75 Å². The van der Waals surface area contributed by atoms with Gasteiger partial charge in [-0.2, -0.15) is 4.31 Å². The molecular formula is C27H31NO4S. The van der Waals surface area contributed by atoms with Crippen molar-refractivity contribution < 1.29 is 17.9 Å². The van der Waals surface area contributed by atoms with Crippen LogP contribution in [0.4, 0.5) is 5.69 Å². The summed E-state index contributed by atoms with van der Waals surface area (Å²) in [6.07, 6.45) is -1.02. The minimum absolute atomic E-state index is 0.00960. The summed E-state index contributed by atoms with van der Waals surface area (Å²) in [5, 5.41) is 0. The lowest BCUT2D eigenvalue weighted by atomic mass is 9.87. The Hall–Kier alpha value is -3.12. The summed E-state index contributed by atoms with van der Waals surface area (Å²) in [6.45, 7) is 11.7. The number of benzene rings is 3. The van der Waals surface area contributed by atoms with Gasteiger partial charge < -0.3 is 4.74 Å². The van der Waals surface area contributed by atoms with Crippen LogP contribution in [0.15, 0.2) is 77.7 Å². The Kier molecular flexibility index (Phi) is 6.98. The predicted molar refractivity (Wildman–Crippen MR) is 132 cm³/mol. The standard InChI is InChI=1S/C27H31NO4S/c1-19-7-13-23(14-8-19)28(33(30,31)25-17-9-20(2)10-18-25)26(29)21(3)32-24-15-11-22(12-16-24)27(4,5)6/h7-18,21H,1-6H3. The monoisotopic (exact) mass is 465 g/mol. The maximum Gasteiger partial charge on any atom is 0.281 e. The number of carbonyl (C=O) groups excluding carboxylic acids is 1. The lowest BCUT2D eigenvalue weighted by Gasteiger charge is -2.26. The first kappa shape index (κ1) is 24.5. The molecule has 0 heterocycles. The summed E-state index contributed by atoms with van der Waals surface area (Å²) in [7, 11) is -4.14. The number of anilines is 1. The third-order valence-corrected chi connectivity index (χ3v) is 7.15. The smallest absolute Gasteiger partial charge is 0.281 e. The molecule has 3 aromatic carbocycles. The van der Waals surface area contributed by atoms with Gasteiger partial charge in [-0.15, -0.1) is 0 Å². The van der Waals surface area contributed by atoms with Crippen LogP contribution in [0.25, 0.3) is 0 Å². The summed E-state index contributed by atoms with van der Waals surface area (Å²) in [6, 6.07) is 20.8. The fourth-order valence-electron chi connectivity index (χ4n) is 3.33. The van der Waals surface area contributed by atoms with Crippen molar-refractivity contribution in [3.05, 3.63) is 89.5 Å². The topological polar surface area (TPSA) is 63.7 Å². The van der Waals surface area contributed by atoms with E-state index in [1.807, 2.05) is 26.0 Å². The quantitative estimate of drug-likeness (QED) is 0.462. The number of amides is 1. The molecule has 1 amide bonds. The molecule has 0 bridgehead atoms. The third kappa shape index (κ3) is 5.63. The van der Waals surface area contributed by atoms with Gasteiger partial charge in [-0.1, -0.05) is 68.3 Å². The molecule has 0 radical (unpaired) electrons. The van der Waals surface area contributed by atoms with Gasteiger partial charge in [0.2, 0.25) is 0 Å². The summed E-state index contributed by atoms with van der Waals surface area (Å²) in [4.78, 5) is 13.5. The predicted octanol–water partition coefficient (Wildman–Crippen LogP) is 5.79. The van der Waals surface area contributed by atoms with E-state index in [1.54, 1.807) is 55.5 Å². The number of hydrogen-bond donors (Lipinski definition) is 0. The molecule has 0 fully saturated rings. The fourth-order valence-corrected chi connectivity index (χ4v) is 4.81. The highest BCUT2D eigenvalue weighted by Crippen LogP contribution is 2.28. The van der Waals surface area contributed by atoms with Crippen molar-refractivity contribution in [1.29, 1.82) is 0 Å². The maximum atomic E-state index is 13.5. The lowest BCUT2D eigenvalue weighted by Crippen LogP contribution is -2.44. The van der Waals surface area contributed by atoms with Gasteiger partial charge in [0.15, 0.2) is 6.10 Å². The van der Waals surface area contributed by atoms with E-state index in [1.165, 1.54) is 12.1 Å². The van der Waals surface area contributed by atoms with Crippen molar-refractivity contribution >= 4 is 21.6 Å². The Morgan fingerprint density at radius 3 is 1.79 bits per heavy atom. The van der Waals surface area contributed by atoms with Gasteiger partial charge in [-0.05, 0) is 68.1 Å². The number of aryl methyl sites for hydroxylation is 2.